The van der Waals surface area contributed by atoms with Gasteiger partial charge in [0.05, 0.1) is 0 Å². The van der Waals surface area contributed by atoms with Gasteiger partial charge in [0.1, 0.15) is 11.9 Å². The van der Waals surface area contributed by atoms with Gasteiger partial charge in [-0.05, 0) is 73.5 Å². The van der Waals surface area contributed by atoms with Crippen molar-refractivity contribution in [3.8, 4) is 0 Å². The highest BCUT2D eigenvalue weighted by molar-refractivity contribution is 14.1. The number of ketones is 1. The molecule has 0 spiro atoms. The number of hydrogen-bond donors (Lipinski definition) is 0. The summed E-state index contributed by atoms with van der Waals surface area (Å²) in [6.45, 7) is 6.29. The van der Waals surface area contributed by atoms with Crippen LogP contribution < -0.4 is 0 Å². The van der Waals surface area contributed by atoms with Crippen molar-refractivity contribution in [3.05, 3.63) is 0 Å². The Bertz CT molecular complexity index is 590. The normalized spacial score (nSPS) is 52.1. The van der Waals surface area contributed by atoms with Crippen molar-refractivity contribution in [3.63, 3.8) is 0 Å². The number of rotatable bonds is 1. The highest BCUT2D eigenvalue weighted by Gasteiger charge is 2.63. The van der Waals surface area contributed by atoms with Gasteiger partial charge in [0.15, 0.2) is 0 Å². The standard InChI is InChI=1S/C21H31IO3/c1-12(23)25-14-8-9-20(2)13(10-14)4-5-15-16-6-7-18(22)21(16,3)11-17(24)19(15)20/h13-16,18-19H,4-11H2,1-3H3/t13?,14?,15-,16-,18?,19+,20-,21-/m0/s1. The van der Waals surface area contributed by atoms with Crippen molar-refractivity contribution < 1.29 is 14.3 Å². The Morgan fingerprint density at radius 3 is 2.60 bits per heavy atom. The largest absolute Gasteiger partial charge is 0.463 e. The molecule has 0 saturated heterocycles. The van der Waals surface area contributed by atoms with E-state index < -0.39 is 0 Å². The van der Waals surface area contributed by atoms with Gasteiger partial charge in [-0.3, -0.25) is 9.59 Å². The maximum absolute atomic E-state index is 13.4. The first kappa shape index (κ1) is 18.2. The van der Waals surface area contributed by atoms with Gasteiger partial charge < -0.3 is 4.74 Å². The number of ether oxygens (including phenoxy) is 1. The molecule has 0 amide bonds. The van der Waals surface area contributed by atoms with Crippen molar-refractivity contribution in [2.45, 2.75) is 82.2 Å². The minimum Gasteiger partial charge on any atom is -0.463 e. The molecule has 0 N–H and O–H groups in total. The molecule has 4 fully saturated rings. The second kappa shape index (κ2) is 6.20. The molecule has 140 valence electrons. The van der Waals surface area contributed by atoms with E-state index >= 15 is 0 Å². The summed E-state index contributed by atoms with van der Waals surface area (Å²) in [5.74, 6) is 2.51. The number of fused-ring (bicyclic) bond motifs is 5. The fourth-order valence-electron chi connectivity index (χ4n) is 7.32. The number of esters is 1. The van der Waals surface area contributed by atoms with Gasteiger partial charge in [0.25, 0.3) is 0 Å². The van der Waals surface area contributed by atoms with Crippen LogP contribution in [0.5, 0.6) is 0 Å². The molecule has 0 radical (unpaired) electrons. The van der Waals surface area contributed by atoms with Crippen LogP contribution in [0, 0.1) is 34.5 Å². The number of Topliss-reactive ketones (excluding diaryl/α,β-unsaturated/α-hetero) is 1. The third kappa shape index (κ3) is 2.71. The molecule has 4 rings (SSSR count). The minimum absolute atomic E-state index is 0.0706. The van der Waals surface area contributed by atoms with E-state index in [4.69, 9.17) is 4.74 Å². The van der Waals surface area contributed by atoms with Crippen LogP contribution >= 0.6 is 22.6 Å². The molecule has 0 aromatic carbocycles. The number of halogens is 1. The van der Waals surface area contributed by atoms with E-state index in [1.54, 1.807) is 0 Å². The highest BCUT2D eigenvalue weighted by atomic mass is 127. The lowest BCUT2D eigenvalue weighted by atomic mass is 9.45. The van der Waals surface area contributed by atoms with Crippen LogP contribution in [-0.2, 0) is 14.3 Å². The zero-order valence-corrected chi connectivity index (χ0v) is 17.9. The molecule has 0 aliphatic heterocycles. The van der Waals surface area contributed by atoms with Gasteiger partial charge in [0, 0.05) is 23.2 Å². The van der Waals surface area contributed by atoms with Crippen molar-refractivity contribution in [1.82, 2.24) is 0 Å². The Balaban J connectivity index is 1.59. The molecule has 25 heavy (non-hydrogen) atoms. The van der Waals surface area contributed by atoms with Crippen molar-refractivity contribution in [1.29, 1.82) is 0 Å². The Morgan fingerprint density at radius 1 is 1.12 bits per heavy atom. The molecule has 3 nitrogen and oxygen atoms in total. The van der Waals surface area contributed by atoms with E-state index in [9.17, 15) is 9.59 Å². The smallest absolute Gasteiger partial charge is 0.302 e. The fraction of sp³-hybridized carbons (Fsp3) is 0.905. The molecule has 0 bridgehead atoms. The van der Waals surface area contributed by atoms with Gasteiger partial charge in [-0.25, -0.2) is 0 Å². The Hall–Kier alpha value is -0.130. The Kier molecular flexibility index (Phi) is 4.53. The minimum atomic E-state index is -0.161. The quantitative estimate of drug-likeness (QED) is 0.318. The van der Waals surface area contributed by atoms with E-state index in [2.05, 4.69) is 36.4 Å². The summed E-state index contributed by atoms with van der Waals surface area (Å²) in [7, 11) is 0. The molecule has 8 atom stereocenters. The van der Waals surface area contributed by atoms with Gasteiger partial charge in [-0.2, -0.15) is 0 Å². The Labute approximate surface area is 165 Å². The molecule has 4 aliphatic carbocycles. The lowest BCUT2D eigenvalue weighted by Crippen LogP contribution is -2.57. The summed E-state index contributed by atoms with van der Waals surface area (Å²) in [6, 6.07) is 0. The first-order valence-corrected chi connectivity index (χ1v) is 11.3. The van der Waals surface area contributed by atoms with Crippen LogP contribution in [0.4, 0.5) is 0 Å². The van der Waals surface area contributed by atoms with Gasteiger partial charge in [0.2, 0.25) is 0 Å². The molecule has 4 saturated carbocycles. The zero-order chi connectivity index (χ0) is 18.0. The Morgan fingerprint density at radius 2 is 1.88 bits per heavy atom. The summed E-state index contributed by atoms with van der Waals surface area (Å²) < 4.78 is 6.18. The van der Waals surface area contributed by atoms with E-state index in [0.717, 1.165) is 31.6 Å². The van der Waals surface area contributed by atoms with Crippen molar-refractivity contribution in [2.75, 3.05) is 0 Å². The van der Waals surface area contributed by atoms with Crippen molar-refractivity contribution in [2.24, 2.45) is 34.5 Å². The first-order chi connectivity index (χ1) is 11.8. The van der Waals surface area contributed by atoms with Gasteiger partial charge in [-0.1, -0.05) is 36.4 Å². The van der Waals surface area contributed by atoms with Crippen LogP contribution in [0.1, 0.15) is 72.1 Å². The second-order valence-electron chi connectivity index (χ2n) is 9.73. The number of carbonyl (C=O) groups is 2. The summed E-state index contributed by atoms with van der Waals surface area (Å²) in [4.78, 5) is 24.7. The summed E-state index contributed by atoms with van der Waals surface area (Å²) in [6.07, 6.45) is 8.81. The van der Waals surface area contributed by atoms with Gasteiger partial charge >= 0.3 is 5.97 Å². The third-order valence-corrected chi connectivity index (χ3v) is 10.6. The van der Waals surface area contributed by atoms with Crippen LogP contribution in [-0.4, -0.2) is 21.8 Å². The fourth-order valence-corrected chi connectivity index (χ4v) is 8.36. The third-order valence-electron chi connectivity index (χ3n) is 8.52. The van der Waals surface area contributed by atoms with E-state index in [1.165, 1.54) is 32.6 Å². The summed E-state index contributed by atoms with van der Waals surface area (Å²) >= 11 is 2.61. The van der Waals surface area contributed by atoms with E-state index in [1.807, 2.05) is 0 Å². The van der Waals surface area contributed by atoms with E-state index in [0.29, 0.717) is 21.5 Å². The number of carbonyl (C=O) groups excluding carboxylic acids is 2. The van der Waals surface area contributed by atoms with Crippen molar-refractivity contribution >= 4 is 34.3 Å². The topological polar surface area (TPSA) is 43.4 Å². The average Bonchev–Trinajstić information content (AvgIpc) is 2.82. The summed E-state index contributed by atoms with van der Waals surface area (Å²) in [5.41, 5.74) is 0.359. The van der Waals surface area contributed by atoms with Gasteiger partial charge in [-0.15, -0.1) is 0 Å². The maximum atomic E-state index is 13.4. The molecule has 4 aliphatic rings. The molecular weight excluding hydrogens is 427 g/mol. The molecular formula is C21H31IO3. The lowest BCUT2D eigenvalue weighted by Gasteiger charge is -2.59. The zero-order valence-electron chi connectivity index (χ0n) is 15.7. The van der Waals surface area contributed by atoms with E-state index in [-0.39, 0.29) is 28.8 Å². The van der Waals surface area contributed by atoms with Crippen LogP contribution in [0.15, 0.2) is 0 Å². The molecule has 4 heteroatoms. The predicted molar refractivity (Wildman–Crippen MR) is 105 cm³/mol. The second-order valence-corrected chi connectivity index (χ2v) is 11.2. The van der Waals surface area contributed by atoms with Crippen LogP contribution in [0.25, 0.3) is 0 Å². The van der Waals surface area contributed by atoms with Crippen LogP contribution in [0.3, 0.4) is 0 Å². The molecule has 0 aromatic rings. The number of hydrogen-bond acceptors (Lipinski definition) is 3. The average molecular weight is 458 g/mol. The molecule has 0 heterocycles. The van der Waals surface area contributed by atoms with Crippen LogP contribution in [0.2, 0.25) is 0 Å². The lowest BCUT2D eigenvalue weighted by molar-refractivity contribution is -0.167. The summed E-state index contributed by atoms with van der Waals surface area (Å²) in [5, 5.41) is 0. The number of alkyl halides is 1. The predicted octanol–water partition coefficient (Wildman–Crippen LogP) is 4.94. The maximum Gasteiger partial charge on any atom is 0.302 e. The highest BCUT2D eigenvalue weighted by Crippen LogP contribution is 2.66. The molecule has 3 unspecified atom stereocenters. The monoisotopic (exact) mass is 458 g/mol. The molecule has 0 aromatic heterocycles. The SMILES string of the molecule is CC(=O)OC1CC[C@@]2(C)C(CC[C@@H]3[C@@H]2C(=O)C[C@]2(C)C(I)CC[C@@H]32)C1. The first-order valence-electron chi connectivity index (χ1n) is 10.1.